The zero-order chi connectivity index (χ0) is 17.5. The summed E-state index contributed by atoms with van der Waals surface area (Å²) in [5.41, 5.74) is 6.31. The number of benzene rings is 2. The number of rotatable bonds is 8. The molecule has 0 aliphatic carbocycles. The van der Waals surface area contributed by atoms with Gasteiger partial charge in [-0.2, -0.15) is 5.10 Å². The van der Waals surface area contributed by atoms with Crippen molar-refractivity contribution in [3.8, 4) is 11.5 Å². The van der Waals surface area contributed by atoms with Crippen molar-refractivity contribution in [1.29, 1.82) is 0 Å². The Morgan fingerprint density at radius 2 is 1.96 bits per heavy atom. The van der Waals surface area contributed by atoms with Crippen LogP contribution in [0.2, 0.25) is 0 Å². The first kappa shape index (κ1) is 17.8. The second-order valence-corrected chi connectivity index (χ2v) is 5.30. The zero-order valence-corrected chi connectivity index (χ0v) is 14.3. The third-order valence-corrected chi connectivity index (χ3v) is 3.96. The van der Waals surface area contributed by atoms with Gasteiger partial charge in [-0.15, -0.1) is 0 Å². The lowest BCUT2D eigenvalue weighted by molar-refractivity contribution is 0.197. The number of nitrogens with two attached hydrogens (primary N) is 2. The highest BCUT2D eigenvalue weighted by Gasteiger charge is 2.24. The predicted molar refractivity (Wildman–Crippen MR) is 97.0 cm³/mol. The molecule has 5 N–H and O–H groups in total. The molecule has 0 heterocycles. The van der Waals surface area contributed by atoms with E-state index >= 15 is 0 Å². The average molecular weight is 331 g/mol. The molecule has 2 rings (SSSR count). The Labute approximate surface area is 142 Å². The van der Waals surface area contributed by atoms with E-state index in [1.165, 1.54) is 11.5 Å². The van der Waals surface area contributed by atoms with E-state index in [2.05, 4.69) is 10.4 Å². The van der Waals surface area contributed by atoms with E-state index < -0.39 is 0 Å². The summed E-state index contributed by atoms with van der Waals surface area (Å²) in [6.45, 7) is 0.761. The van der Waals surface area contributed by atoms with E-state index in [0.717, 1.165) is 40.8 Å². The van der Waals surface area contributed by atoms with Crippen LogP contribution in [-0.2, 0) is 0 Å². The van der Waals surface area contributed by atoms with Gasteiger partial charge < -0.3 is 20.5 Å². The molecule has 24 heavy (non-hydrogen) atoms. The van der Waals surface area contributed by atoms with E-state index in [1.807, 2.05) is 37.4 Å². The van der Waals surface area contributed by atoms with E-state index in [0.29, 0.717) is 0 Å². The molecule has 0 radical (unpaired) electrons. The number of fused-ring (bicyclic) bond motifs is 1. The number of hydrogen-bond donors (Lipinski definition) is 3. The first-order chi connectivity index (χ1) is 11.7. The van der Waals surface area contributed by atoms with Crippen molar-refractivity contribution in [2.45, 2.75) is 12.5 Å². The molecule has 0 bridgehead atoms. The molecule has 130 valence electrons. The van der Waals surface area contributed by atoms with Crippen molar-refractivity contribution < 1.29 is 9.47 Å². The Morgan fingerprint density at radius 1 is 1.25 bits per heavy atom. The van der Waals surface area contributed by atoms with Crippen molar-refractivity contribution >= 4 is 17.1 Å². The second-order valence-electron chi connectivity index (χ2n) is 5.30. The van der Waals surface area contributed by atoms with Gasteiger partial charge in [-0.25, -0.2) is 11.0 Å². The van der Waals surface area contributed by atoms with Crippen LogP contribution in [0.15, 0.2) is 35.4 Å². The molecule has 1 unspecified atom stereocenters. The van der Waals surface area contributed by atoms with Crippen LogP contribution in [0.4, 0.5) is 0 Å². The summed E-state index contributed by atoms with van der Waals surface area (Å²) in [5.74, 6) is 7.62. The smallest absolute Gasteiger partial charge is 0.132 e. The average Bonchev–Trinajstić information content (AvgIpc) is 2.61. The van der Waals surface area contributed by atoms with Gasteiger partial charge in [-0.1, -0.05) is 24.3 Å². The van der Waals surface area contributed by atoms with Gasteiger partial charge in [0.05, 0.1) is 20.3 Å². The highest BCUT2D eigenvalue weighted by atomic mass is 16.5. The molecule has 2 aromatic rings. The third kappa shape index (κ3) is 3.52. The van der Waals surface area contributed by atoms with Crippen LogP contribution in [0.3, 0.4) is 0 Å². The summed E-state index contributed by atoms with van der Waals surface area (Å²) >= 11 is 0. The largest absolute Gasteiger partial charge is 0.496 e. The van der Waals surface area contributed by atoms with Gasteiger partial charge >= 0.3 is 0 Å². The number of methoxy groups -OCH3 is 2. The summed E-state index contributed by atoms with van der Waals surface area (Å²) in [6, 6.07) is 9.67. The normalized spacial score (nSPS) is 12.5. The van der Waals surface area contributed by atoms with Crippen LogP contribution in [0, 0.1) is 0 Å². The maximum Gasteiger partial charge on any atom is 0.132 e. The molecule has 2 aromatic carbocycles. The fourth-order valence-corrected chi connectivity index (χ4v) is 2.85. The Morgan fingerprint density at radius 3 is 2.54 bits per heavy atom. The Hall–Kier alpha value is -2.51. The van der Waals surface area contributed by atoms with Gasteiger partial charge in [0, 0.05) is 16.3 Å². The number of hydrazine groups is 1. The van der Waals surface area contributed by atoms with Gasteiger partial charge in [0.25, 0.3) is 0 Å². The minimum Gasteiger partial charge on any atom is -0.496 e. The Balaban J connectivity index is 2.66. The summed E-state index contributed by atoms with van der Waals surface area (Å²) in [6.07, 6.45) is 1.90. The fraction of sp³-hybridized carbons (Fsp3) is 0.353. The number of nitrogens with one attached hydrogen (secondary N) is 1. The number of hydrazone groups is 1. The molecule has 7 nitrogen and oxygen atoms in total. The van der Waals surface area contributed by atoms with Crippen molar-refractivity contribution in [1.82, 2.24) is 10.4 Å². The molecule has 0 aliphatic heterocycles. The Bertz CT molecular complexity index is 705. The fourth-order valence-electron chi connectivity index (χ4n) is 2.85. The molecular weight excluding hydrogens is 306 g/mol. The van der Waals surface area contributed by atoms with Gasteiger partial charge in [-0.05, 0) is 26.1 Å². The van der Waals surface area contributed by atoms with Gasteiger partial charge in [0.1, 0.15) is 17.8 Å². The molecule has 1 atom stereocenters. The van der Waals surface area contributed by atoms with E-state index in [-0.39, 0.29) is 6.04 Å². The van der Waals surface area contributed by atoms with Gasteiger partial charge in [0.15, 0.2) is 0 Å². The number of ether oxygens (including phenoxy) is 2. The van der Waals surface area contributed by atoms with E-state index in [1.54, 1.807) is 14.2 Å². The quantitative estimate of drug-likeness (QED) is 0.294. The first-order valence-corrected chi connectivity index (χ1v) is 7.74. The SMILES string of the molecule is CNCCC(c1cc(OC)c2ccccc2c1OC)N(N)/N=C\N. The lowest BCUT2D eigenvalue weighted by Gasteiger charge is -2.27. The summed E-state index contributed by atoms with van der Waals surface area (Å²) < 4.78 is 11.3. The minimum absolute atomic E-state index is 0.217. The monoisotopic (exact) mass is 331 g/mol. The molecular formula is C17H25N5O2. The summed E-state index contributed by atoms with van der Waals surface area (Å²) in [7, 11) is 5.20. The molecule has 0 saturated heterocycles. The summed E-state index contributed by atoms with van der Waals surface area (Å²) in [5, 5.41) is 10.4. The first-order valence-electron chi connectivity index (χ1n) is 7.74. The van der Waals surface area contributed by atoms with Crippen LogP contribution in [0.1, 0.15) is 18.0 Å². The number of hydrogen-bond acceptors (Lipinski definition) is 6. The van der Waals surface area contributed by atoms with Gasteiger partial charge in [-0.3, -0.25) is 0 Å². The molecule has 0 saturated carbocycles. The standard InChI is InChI=1S/C17H25N5O2/c1-20-9-8-15(22(19)21-11-18)14-10-16(23-2)12-6-4-5-7-13(12)17(14)24-3/h4-7,10-11,15,20H,8-9,19H2,1-3H3,(H2,18,21). The van der Waals surface area contributed by atoms with Crippen LogP contribution in [0.5, 0.6) is 11.5 Å². The lowest BCUT2D eigenvalue weighted by atomic mass is 9.97. The highest BCUT2D eigenvalue weighted by molar-refractivity contribution is 5.94. The van der Waals surface area contributed by atoms with Crippen LogP contribution < -0.4 is 26.4 Å². The second kappa shape index (κ2) is 8.37. The maximum absolute atomic E-state index is 6.09. The van der Waals surface area contributed by atoms with Crippen molar-refractivity contribution in [3.63, 3.8) is 0 Å². The highest BCUT2D eigenvalue weighted by Crippen LogP contribution is 2.41. The van der Waals surface area contributed by atoms with Crippen LogP contribution in [-0.4, -0.2) is 39.3 Å². The van der Waals surface area contributed by atoms with Crippen molar-refractivity contribution in [3.05, 3.63) is 35.9 Å². The topological polar surface area (TPSA) is 98.1 Å². The molecule has 7 heteroatoms. The van der Waals surface area contributed by atoms with E-state index in [9.17, 15) is 0 Å². The van der Waals surface area contributed by atoms with E-state index in [4.69, 9.17) is 21.1 Å². The van der Waals surface area contributed by atoms with Crippen LogP contribution in [0.25, 0.3) is 10.8 Å². The van der Waals surface area contributed by atoms with Crippen molar-refractivity contribution in [2.24, 2.45) is 16.7 Å². The number of nitrogens with zero attached hydrogens (tertiary/aromatic N) is 2. The minimum atomic E-state index is -0.217. The molecule has 0 fully saturated rings. The van der Waals surface area contributed by atoms with Crippen LogP contribution >= 0.6 is 0 Å². The lowest BCUT2D eigenvalue weighted by Crippen LogP contribution is -2.33. The predicted octanol–water partition coefficient (Wildman–Crippen LogP) is 1.59. The third-order valence-electron chi connectivity index (χ3n) is 3.96. The maximum atomic E-state index is 6.09. The van der Waals surface area contributed by atoms with Gasteiger partial charge in [0.2, 0.25) is 0 Å². The zero-order valence-electron chi connectivity index (χ0n) is 14.3. The molecule has 0 spiro atoms. The Kier molecular flexibility index (Phi) is 6.22. The molecule has 0 aromatic heterocycles. The summed E-state index contributed by atoms with van der Waals surface area (Å²) in [4.78, 5) is 0. The molecule has 0 amide bonds. The molecule has 0 aliphatic rings. The van der Waals surface area contributed by atoms with Crippen molar-refractivity contribution in [2.75, 3.05) is 27.8 Å².